The third-order valence-corrected chi connectivity index (χ3v) is 6.08. The van der Waals surface area contributed by atoms with Gasteiger partial charge < -0.3 is 4.74 Å². The van der Waals surface area contributed by atoms with E-state index in [1.54, 1.807) is 19.1 Å². The van der Waals surface area contributed by atoms with Crippen LogP contribution >= 0.6 is 11.6 Å². The van der Waals surface area contributed by atoms with E-state index >= 15 is 0 Å². The molecule has 1 heterocycles. The molecule has 0 spiro atoms. The van der Waals surface area contributed by atoms with Crippen LogP contribution in [-0.4, -0.2) is 20.0 Å². The van der Waals surface area contributed by atoms with Crippen LogP contribution in [0.2, 0.25) is 5.02 Å². The second-order valence-electron chi connectivity index (χ2n) is 6.41. The Morgan fingerprint density at radius 3 is 2.85 bits per heavy atom. The van der Waals surface area contributed by atoms with E-state index in [4.69, 9.17) is 16.3 Å². The summed E-state index contributed by atoms with van der Waals surface area (Å²) in [6.45, 7) is 2.01. The molecule has 26 heavy (non-hydrogen) atoms. The lowest BCUT2D eigenvalue weighted by molar-refractivity contribution is 0.295. The van der Waals surface area contributed by atoms with Crippen molar-refractivity contribution in [3.05, 3.63) is 53.1 Å². The highest BCUT2D eigenvalue weighted by Crippen LogP contribution is 2.33. The van der Waals surface area contributed by atoms with Crippen LogP contribution in [0.5, 0.6) is 5.75 Å². The molecule has 1 aliphatic carbocycles. The summed E-state index contributed by atoms with van der Waals surface area (Å²) in [5.74, 6) is 0.342. The largest absolute Gasteiger partial charge is 0.492 e. The van der Waals surface area contributed by atoms with E-state index in [9.17, 15) is 12.8 Å². The van der Waals surface area contributed by atoms with Crippen LogP contribution in [-0.2, 0) is 10.0 Å². The molecule has 3 rings (SSSR count). The van der Waals surface area contributed by atoms with Crippen molar-refractivity contribution in [3.63, 3.8) is 0 Å². The summed E-state index contributed by atoms with van der Waals surface area (Å²) >= 11 is 5.98. The molecule has 1 aromatic heterocycles. The molecule has 0 bridgehead atoms. The maximum absolute atomic E-state index is 13.9. The third-order valence-electron chi connectivity index (χ3n) is 4.28. The number of rotatable bonds is 8. The van der Waals surface area contributed by atoms with Gasteiger partial charge in [0.2, 0.25) is 10.0 Å². The predicted octanol–water partition coefficient (Wildman–Crippen LogP) is 4.09. The fraction of sp³-hybridized carbons (Fsp3) is 0.389. The van der Waals surface area contributed by atoms with E-state index in [-0.39, 0.29) is 21.2 Å². The number of nitrogens with zero attached hydrogens (tertiary/aromatic N) is 1. The van der Waals surface area contributed by atoms with Gasteiger partial charge in [0.25, 0.3) is 0 Å². The summed E-state index contributed by atoms with van der Waals surface area (Å²) in [6.07, 6.45) is 5.76. The van der Waals surface area contributed by atoms with Crippen LogP contribution in [0.4, 0.5) is 4.39 Å². The van der Waals surface area contributed by atoms with Crippen LogP contribution < -0.4 is 9.46 Å². The van der Waals surface area contributed by atoms with E-state index in [1.807, 2.05) is 0 Å². The Balaban J connectivity index is 1.80. The van der Waals surface area contributed by atoms with E-state index < -0.39 is 21.9 Å². The lowest BCUT2D eigenvalue weighted by Crippen LogP contribution is -2.28. The van der Waals surface area contributed by atoms with Gasteiger partial charge in [0, 0.05) is 22.8 Å². The molecular formula is C18H20ClFN2O3S. The number of hydrogen-bond donors (Lipinski definition) is 1. The van der Waals surface area contributed by atoms with Crippen molar-refractivity contribution in [1.82, 2.24) is 9.71 Å². The summed E-state index contributed by atoms with van der Waals surface area (Å²) < 4.78 is 47.7. The van der Waals surface area contributed by atoms with E-state index in [2.05, 4.69) is 9.71 Å². The first-order valence-electron chi connectivity index (χ1n) is 8.41. The number of benzene rings is 1. The summed E-state index contributed by atoms with van der Waals surface area (Å²) in [5.41, 5.74) is 0.210. The van der Waals surface area contributed by atoms with Crippen LogP contribution in [0.25, 0.3) is 0 Å². The number of nitrogens with one attached hydrogen (secondary N) is 1. The molecular weight excluding hydrogens is 379 g/mol. The summed E-state index contributed by atoms with van der Waals surface area (Å²) in [5, 5.41) is 0.280. The molecule has 1 atom stereocenters. The zero-order valence-corrected chi connectivity index (χ0v) is 15.9. The molecule has 0 aliphatic heterocycles. The first-order chi connectivity index (χ1) is 12.4. The highest BCUT2D eigenvalue weighted by Gasteiger charge is 2.25. The predicted molar refractivity (Wildman–Crippen MR) is 97.2 cm³/mol. The number of hydrogen-bond acceptors (Lipinski definition) is 4. The molecule has 1 fully saturated rings. The average Bonchev–Trinajstić information content (AvgIpc) is 3.40. The number of ether oxygens (including phenoxy) is 1. The number of aromatic nitrogens is 1. The molecule has 1 N–H and O–H groups in total. The van der Waals surface area contributed by atoms with Crippen molar-refractivity contribution < 1.29 is 17.5 Å². The molecule has 1 unspecified atom stereocenters. The van der Waals surface area contributed by atoms with Gasteiger partial charge in [0.05, 0.1) is 12.8 Å². The van der Waals surface area contributed by atoms with E-state index in [0.29, 0.717) is 12.5 Å². The standard InChI is InChI=1S/C18H20ClFN2O3S/c1-12(15-6-8-21-11-16(15)20)22-26(23,24)18-10-14(19)4-5-17(18)25-9-7-13-2-3-13/h4-6,8,10-13,22H,2-3,7,9H2,1H3. The van der Waals surface area contributed by atoms with E-state index in [0.717, 1.165) is 12.6 Å². The van der Waals surface area contributed by atoms with Crippen LogP contribution in [0.15, 0.2) is 41.6 Å². The molecule has 0 amide bonds. The Hall–Kier alpha value is -1.70. The maximum atomic E-state index is 13.9. The van der Waals surface area contributed by atoms with Gasteiger partial charge in [0.1, 0.15) is 16.5 Å². The smallest absolute Gasteiger partial charge is 0.244 e. The second kappa shape index (κ2) is 7.90. The Labute approximate surface area is 157 Å². The lowest BCUT2D eigenvalue weighted by atomic mass is 10.1. The lowest BCUT2D eigenvalue weighted by Gasteiger charge is -2.17. The molecule has 1 aliphatic rings. The topological polar surface area (TPSA) is 68.3 Å². The van der Waals surface area contributed by atoms with Gasteiger partial charge >= 0.3 is 0 Å². The third kappa shape index (κ3) is 4.72. The fourth-order valence-electron chi connectivity index (χ4n) is 2.65. The van der Waals surface area contributed by atoms with Gasteiger partial charge in [-0.15, -0.1) is 0 Å². The summed E-state index contributed by atoms with van der Waals surface area (Å²) in [6, 6.07) is 5.13. The molecule has 1 saturated carbocycles. The monoisotopic (exact) mass is 398 g/mol. The second-order valence-corrected chi connectivity index (χ2v) is 8.53. The van der Waals surface area contributed by atoms with Gasteiger partial charge in [0.15, 0.2) is 0 Å². The van der Waals surface area contributed by atoms with Crippen molar-refractivity contribution >= 4 is 21.6 Å². The van der Waals surface area contributed by atoms with Gasteiger partial charge in [-0.2, -0.15) is 0 Å². The quantitative estimate of drug-likeness (QED) is 0.727. The summed E-state index contributed by atoms with van der Waals surface area (Å²) in [4.78, 5) is 3.62. The van der Waals surface area contributed by atoms with Crippen LogP contribution in [0, 0.1) is 11.7 Å². The Kier molecular flexibility index (Phi) is 5.79. The highest BCUT2D eigenvalue weighted by atomic mass is 35.5. The van der Waals surface area contributed by atoms with Crippen LogP contribution in [0.3, 0.4) is 0 Å². The average molecular weight is 399 g/mol. The van der Waals surface area contributed by atoms with Crippen molar-refractivity contribution in [2.24, 2.45) is 5.92 Å². The van der Waals surface area contributed by atoms with Gasteiger partial charge in [-0.3, -0.25) is 4.98 Å². The highest BCUT2D eigenvalue weighted by molar-refractivity contribution is 7.89. The van der Waals surface area contributed by atoms with Crippen LogP contribution in [0.1, 0.15) is 37.8 Å². The minimum atomic E-state index is -3.96. The zero-order chi connectivity index (χ0) is 18.7. The Morgan fingerprint density at radius 2 is 2.15 bits per heavy atom. The summed E-state index contributed by atoms with van der Waals surface area (Å²) in [7, 11) is -3.96. The first kappa shape index (κ1) is 19.1. The normalized spacial score (nSPS) is 15.7. The molecule has 1 aromatic carbocycles. The molecule has 140 valence electrons. The van der Waals surface area contributed by atoms with Gasteiger partial charge in [-0.25, -0.2) is 17.5 Å². The minimum Gasteiger partial charge on any atom is -0.492 e. The van der Waals surface area contributed by atoms with Crippen molar-refractivity contribution in [1.29, 1.82) is 0 Å². The zero-order valence-electron chi connectivity index (χ0n) is 14.3. The minimum absolute atomic E-state index is 0.0536. The van der Waals surface area contributed by atoms with Gasteiger partial charge in [-0.1, -0.05) is 24.4 Å². The Bertz CT molecular complexity index is 888. The molecule has 5 nitrogen and oxygen atoms in total. The SMILES string of the molecule is CC(NS(=O)(=O)c1cc(Cl)ccc1OCCC1CC1)c1ccncc1F. The first-order valence-corrected chi connectivity index (χ1v) is 10.3. The van der Waals surface area contributed by atoms with Crippen molar-refractivity contribution in [3.8, 4) is 5.75 Å². The number of sulfonamides is 1. The number of halogens is 2. The van der Waals surface area contributed by atoms with E-state index in [1.165, 1.54) is 31.2 Å². The Morgan fingerprint density at radius 1 is 1.38 bits per heavy atom. The molecule has 2 aromatic rings. The molecule has 0 radical (unpaired) electrons. The van der Waals surface area contributed by atoms with Crippen molar-refractivity contribution in [2.45, 2.75) is 37.1 Å². The van der Waals surface area contributed by atoms with Crippen molar-refractivity contribution in [2.75, 3.05) is 6.61 Å². The maximum Gasteiger partial charge on any atom is 0.244 e. The van der Waals surface area contributed by atoms with Gasteiger partial charge in [-0.05, 0) is 43.5 Å². The number of pyridine rings is 1. The molecule has 8 heteroatoms. The molecule has 0 saturated heterocycles. The fourth-order valence-corrected chi connectivity index (χ4v) is 4.28.